The number of carbonyl (C=O) groups excluding carboxylic acids is 1. The van der Waals surface area contributed by atoms with Crippen LogP contribution in [-0.4, -0.2) is 29.3 Å². The molecule has 0 saturated carbocycles. The van der Waals surface area contributed by atoms with Crippen molar-refractivity contribution in [3.63, 3.8) is 0 Å². The van der Waals surface area contributed by atoms with Gasteiger partial charge in [-0.05, 0) is 54.8 Å². The molecule has 0 aliphatic heterocycles. The molecule has 0 bridgehead atoms. The third-order valence-electron chi connectivity index (χ3n) is 2.99. The summed E-state index contributed by atoms with van der Waals surface area (Å²) >= 11 is 3.36. The van der Waals surface area contributed by atoms with Crippen molar-refractivity contribution in [2.45, 2.75) is 52.8 Å². The first-order valence-corrected chi connectivity index (χ1v) is 8.28. The standard InChI is InChI=1S/C16H26BrN3O2/c1-11(2)13(10-19-15(21)22-16(3,4)5)18-9-12-7-6-8-14(17)20-12/h6-8,11,13,18H,9-10H2,1-5H3,(H,19,21). The fourth-order valence-electron chi connectivity index (χ4n) is 1.84. The third-order valence-corrected chi connectivity index (χ3v) is 3.43. The van der Waals surface area contributed by atoms with Gasteiger partial charge in [0.15, 0.2) is 0 Å². The summed E-state index contributed by atoms with van der Waals surface area (Å²) < 4.78 is 6.07. The van der Waals surface area contributed by atoms with E-state index in [2.05, 4.69) is 45.4 Å². The molecule has 2 N–H and O–H groups in total. The van der Waals surface area contributed by atoms with E-state index in [1.807, 2.05) is 39.0 Å². The van der Waals surface area contributed by atoms with E-state index in [4.69, 9.17) is 4.74 Å². The van der Waals surface area contributed by atoms with Crippen molar-refractivity contribution >= 4 is 22.0 Å². The molecular formula is C16H26BrN3O2. The van der Waals surface area contributed by atoms with E-state index in [0.29, 0.717) is 19.0 Å². The molecule has 1 aromatic rings. The van der Waals surface area contributed by atoms with Crippen molar-refractivity contribution in [3.05, 3.63) is 28.5 Å². The maximum absolute atomic E-state index is 11.7. The molecule has 0 aliphatic carbocycles. The summed E-state index contributed by atoms with van der Waals surface area (Å²) in [4.78, 5) is 16.1. The summed E-state index contributed by atoms with van der Waals surface area (Å²) in [6.07, 6.45) is -0.388. The van der Waals surface area contributed by atoms with Crippen LogP contribution in [0.3, 0.4) is 0 Å². The number of nitrogens with one attached hydrogen (secondary N) is 2. The molecule has 1 amide bonds. The lowest BCUT2D eigenvalue weighted by Crippen LogP contribution is -2.45. The first-order chi connectivity index (χ1) is 10.2. The van der Waals surface area contributed by atoms with Gasteiger partial charge in [0, 0.05) is 19.1 Å². The highest BCUT2D eigenvalue weighted by Gasteiger charge is 2.18. The maximum atomic E-state index is 11.7. The minimum Gasteiger partial charge on any atom is -0.444 e. The summed E-state index contributed by atoms with van der Waals surface area (Å²) in [5, 5.41) is 6.24. The zero-order valence-corrected chi connectivity index (χ0v) is 15.5. The lowest BCUT2D eigenvalue weighted by atomic mass is 10.0. The average Bonchev–Trinajstić information content (AvgIpc) is 2.36. The number of hydrogen-bond acceptors (Lipinski definition) is 4. The molecule has 1 unspecified atom stereocenters. The number of halogens is 1. The molecule has 1 rings (SSSR count). The van der Waals surface area contributed by atoms with Crippen molar-refractivity contribution in [1.29, 1.82) is 0 Å². The molecule has 0 saturated heterocycles. The van der Waals surface area contributed by atoms with E-state index in [-0.39, 0.29) is 12.1 Å². The van der Waals surface area contributed by atoms with E-state index < -0.39 is 5.60 Å². The fraction of sp³-hybridized carbons (Fsp3) is 0.625. The Hall–Kier alpha value is -1.14. The van der Waals surface area contributed by atoms with Crippen molar-refractivity contribution in [2.24, 2.45) is 5.92 Å². The normalized spacial score (nSPS) is 13.0. The number of pyridine rings is 1. The molecule has 22 heavy (non-hydrogen) atoms. The number of alkyl carbamates (subject to hydrolysis) is 1. The highest BCUT2D eigenvalue weighted by molar-refractivity contribution is 9.10. The summed E-state index contributed by atoms with van der Waals surface area (Å²) in [6, 6.07) is 5.97. The first-order valence-electron chi connectivity index (χ1n) is 7.49. The Morgan fingerprint density at radius 1 is 1.36 bits per heavy atom. The van der Waals surface area contributed by atoms with Crippen LogP contribution in [0.5, 0.6) is 0 Å². The van der Waals surface area contributed by atoms with Gasteiger partial charge in [-0.25, -0.2) is 9.78 Å². The number of ether oxygens (including phenoxy) is 1. The number of nitrogens with zero attached hydrogens (tertiary/aromatic N) is 1. The molecule has 5 nitrogen and oxygen atoms in total. The van der Waals surface area contributed by atoms with Gasteiger partial charge in [-0.3, -0.25) is 0 Å². The molecule has 1 aromatic heterocycles. The monoisotopic (exact) mass is 371 g/mol. The second kappa shape index (κ2) is 8.48. The largest absolute Gasteiger partial charge is 0.444 e. The van der Waals surface area contributed by atoms with E-state index in [0.717, 1.165) is 10.3 Å². The van der Waals surface area contributed by atoms with Gasteiger partial charge < -0.3 is 15.4 Å². The predicted octanol–water partition coefficient (Wildman–Crippen LogP) is 3.48. The van der Waals surface area contributed by atoms with Crippen LogP contribution in [0, 0.1) is 5.92 Å². The van der Waals surface area contributed by atoms with Gasteiger partial charge >= 0.3 is 6.09 Å². The van der Waals surface area contributed by atoms with Crippen LogP contribution in [0.1, 0.15) is 40.3 Å². The van der Waals surface area contributed by atoms with E-state index in [9.17, 15) is 4.79 Å². The Kier molecular flexibility index (Phi) is 7.29. The quantitative estimate of drug-likeness (QED) is 0.751. The van der Waals surface area contributed by atoms with Gasteiger partial charge in [-0.2, -0.15) is 0 Å². The van der Waals surface area contributed by atoms with Crippen LogP contribution >= 0.6 is 15.9 Å². The van der Waals surface area contributed by atoms with E-state index in [1.165, 1.54) is 0 Å². The Bertz CT molecular complexity index is 487. The highest BCUT2D eigenvalue weighted by atomic mass is 79.9. The molecule has 6 heteroatoms. The molecule has 0 spiro atoms. The van der Waals surface area contributed by atoms with Crippen LogP contribution < -0.4 is 10.6 Å². The van der Waals surface area contributed by atoms with Crippen molar-refractivity contribution in [2.75, 3.05) is 6.54 Å². The topological polar surface area (TPSA) is 63.2 Å². The van der Waals surface area contributed by atoms with Crippen LogP contribution in [0.25, 0.3) is 0 Å². The molecule has 1 heterocycles. The number of amides is 1. The molecule has 0 aromatic carbocycles. The van der Waals surface area contributed by atoms with Crippen molar-refractivity contribution in [1.82, 2.24) is 15.6 Å². The molecule has 124 valence electrons. The average molecular weight is 372 g/mol. The van der Waals surface area contributed by atoms with Gasteiger partial charge in [-0.15, -0.1) is 0 Å². The predicted molar refractivity (Wildman–Crippen MR) is 91.6 cm³/mol. The molecule has 1 atom stereocenters. The first kappa shape index (κ1) is 18.9. The molecule has 0 fully saturated rings. The Balaban J connectivity index is 2.47. The summed E-state index contributed by atoms with van der Waals surface area (Å²) in [7, 11) is 0. The molecular weight excluding hydrogens is 346 g/mol. The summed E-state index contributed by atoms with van der Waals surface area (Å²) in [5.74, 6) is 0.377. The third kappa shape index (κ3) is 7.75. The van der Waals surface area contributed by atoms with E-state index in [1.54, 1.807) is 0 Å². The number of rotatable bonds is 6. The zero-order chi connectivity index (χ0) is 16.8. The summed E-state index contributed by atoms with van der Waals surface area (Å²) in [5.41, 5.74) is 0.475. The Morgan fingerprint density at radius 3 is 2.59 bits per heavy atom. The lowest BCUT2D eigenvalue weighted by molar-refractivity contribution is 0.0519. The highest BCUT2D eigenvalue weighted by Crippen LogP contribution is 2.09. The zero-order valence-electron chi connectivity index (χ0n) is 13.9. The number of carbonyl (C=O) groups is 1. The van der Waals surface area contributed by atoms with Crippen LogP contribution in [0.4, 0.5) is 4.79 Å². The maximum Gasteiger partial charge on any atom is 0.407 e. The van der Waals surface area contributed by atoms with E-state index >= 15 is 0 Å². The van der Waals surface area contributed by atoms with Gasteiger partial charge in [0.05, 0.1) is 5.69 Å². The van der Waals surface area contributed by atoms with Gasteiger partial charge in [0.25, 0.3) is 0 Å². The summed E-state index contributed by atoms with van der Waals surface area (Å²) in [6.45, 7) is 10.9. The van der Waals surface area contributed by atoms with Crippen LogP contribution in [0.15, 0.2) is 22.8 Å². The van der Waals surface area contributed by atoms with Gasteiger partial charge in [0.1, 0.15) is 10.2 Å². The molecule has 0 radical (unpaired) electrons. The second-order valence-corrected chi connectivity index (χ2v) is 7.38. The van der Waals surface area contributed by atoms with Crippen LogP contribution in [0.2, 0.25) is 0 Å². The molecule has 0 aliphatic rings. The van der Waals surface area contributed by atoms with Gasteiger partial charge in [-0.1, -0.05) is 19.9 Å². The SMILES string of the molecule is CC(C)C(CNC(=O)OC(C)(C)C)NCc1cccc(Br)n1. The van der Waals surface area contributed by atoms with Crippen LogP contribution in [-0.2, 0) is 11.3 Å². The van der Waals surface area contributed by atoms with Crippen molar-refractivity contribution in [3.8, 4) is 0 Å². The van der Waals surface area contributed by atoms with Gasteiger partial charge in [0.2, 0.25) is 0 Å². The Morgan fingerprint density at radius 2 is 2.05 bits per heavy atom. The smallest absolute Gasteiger partial charge is 0.407 e. The second-order valence-electron chi connectivity index (χ2n) is 6.57. The van der Waals surface area contributed by atoms with Crippen molar-refractivity contribution < 1.29 is 9.53 Å². The minimum absolute atomic E-state index is 0.147. The number of aromatic nitrogens is 1. The fourth-order valence-corrected chi connectivity index (χ4v) is 2.22. The lowest BCUT2D eigenvalue weighted by Gasteiger charge is -2.24. The number of hydrogen-bond donors (Lipinski definition) is 2. The minimum atomic E-state index is -0.481. The Labute approximate surface area is 141 Å².